The molecule has 0 atom stereocenters. The molecule has 2 aromatic heterocycles. The summed E-state index contributed by atoms with van der Waals surface area (Å²) in [4.78, 5) is 1.24. The maximum Gasteiger partial charge on any atom is 0.0931 e. The number of rotatable bonds is 5. The lowest BCUT2D eigenvalue weighted by molar-refractivity contribution is 0.584. The maximum absolute atomic E-state index is 5.97. The van der Waals surface area contributed by atoms with Crippen LogP contribution in [0.5, 0.6) is 0 Å². The molecule has 19 heavy (non-hydrogen) atoms. The summed E-state index contributed by atoms with van der Waals surface area (Å²) in [5.41, 5.74) is 3.64. The Kier molecular flexibility index (Phi) is 4.66. The fourth-order valence-electron chi connectivity index (χ4n) is 2.03. The summed E-state index contributed by atoms with van der Waals surface area (Å²) in [6, 6.07) is 4.49. The summed E-state index contributed by atoms with van der Waals surface area (Å²) >= 11 is 7.58. The fourth-order valence-corrected chi connectivity index (χ4v) is 3.10. The Hall–Kier alpha value is -0.840. The second-order valence-electron chi connectivity index (χ2n) is 5.05. The van der Waals surface area contributed by atoms with Crippen LogP contribution in [-0.2, 0) is 13.1 Å². The molecule has 0 unspecified atom stereocenters. The van der Waals surface area contributed by atoms with Crippen LogP contribution < -0.4 is 5.32 Å². The lowest BCUT2D eigenvalue weighted by Gasteiger charge is -2.08. The molecule has 2 rings (SSSR count). The highest BCUT2D eigenvalue weighted by molar-refractivity contribution is 7.16. The predicted octanol–water partition coefficient (Wildman–Crippen LogP) is 3.76. The van der Waals surface area contributed by atoms with E-state index in [1.54, 1.807) is 11.3 Å². The van der Waals surface area contributed by atoms with Crippen LogP contribution in [-0.4, -0.2) is 15.8 Å². The number of aryl methyl sites for hydroxylation is 1. The molecule has 0 amide bonds. The molecular formula is C14H20ClN3S. The Morgan fingerprint density at radius 1 is 1.37 bits per heavy atom. The van der Waals surface area contributed by atoms with E-state index in [0.29, 0.717) is 6.04 Å². The first-order chi connectivity index (χ1) is 8.97. The van der Waals surface area contributed by atoms with E-state index in [9.17, 15) is 0 Å². The zero-order valence-corrected chi connectivity index (χ0v) is 13.4. The first kappa shape index (κ1) is 14.6. The molecular weight excluding hydrogens is 278 g/mol. The minimum atomic E-state index is 0.484. The van der Waals surface area contributed by atoms with Crippen LogP contribution in [0.2, 0.25) is 4.34 Å². The van der Waals surface area contributed by atoms with E-state index in [1.807, 2.05) is 6.07 Å². The van der Waals surface area contributed by atoms with Crippen LogP contribution in [0.4, 0.5) is 0 Å². The van der Waals surface area contributed by atoms with E-state index in [4.69, 9.17) is 11.6 Å². The molecule has 0 fully saturated rings. The lowest BCUT2D eigenvalue weighted by atomic mass is 10.2. The van der Waals surface area contributed by atoms with Gasteiger partial charge in [0.1, 0.15) is 0 Å². The Bertz CT molecular complexity index is 557. The number of hydrogen-bond acceptors (Lipinski definition) is 3. The van der Waals surface area contributed by atoms with Crippen LogP contribution in [0.3, 0.4) is 0 Å². The second kappa shape index (κ2) is 6.07. The normalized spacial score (nSPS) is 11.5. The van der Waals surface area contributed by atoms with Crippen LogP contribution in [0.1, 0.15) is 35.7 Å². The number of thiophene rings is 1. The third-order valence-electron chi connectivity index (χ3n) is 3.15. The van der Waals surface area contributed by atoms with E-state index in [-0.39, 0.29) is 0 Å². The highest BCUT2D eigenvalue weighted by Crippen LogP contribution is 2.23. The van der Waals surface area contributed by atoms with Gasteiger partial charge < -0.3 is 5.32 Å². The smallest absolute Gasteiger partial charge is 0.0931 e. The van der Waals surface area contributed by atoms with Crippen molar-refractivity contribution in [2.24, 2.45) is 0 Å². The van der Waals surface area contributed by atoms with Gasteiger partial charge in [0.2, 0.25) is 0 Å². The van der Waals surface area contributed by atoms with Gasteiger partial charge in [-0.05, 0) is 26.0 Å². The first-order valence-electron chi connectivity index (χ1n) is 6.48. The molecule has 0 radical (unpaired) electrons. The van der Waals surface area contributed by atoms with Gasteiger partial charge in [-0.15, -0.1) is 11.3 Å². The Balaban J connectivity index is 2.16. The third kappa shape index (κ3) is 3.59. The zero-order chi connectivity index (χ0) is 14.0. The molecule has 0 bridgehead atoms. The fraction of sp³-hybridized carbons (Fsp3) is 0.500. The van der Waals surface area contributed by atoms with Crippen molar-refractivity contribution in [3.05, 3.63) is 38.3 Å². The molecule has 2 heterocycles. The summed E-state index contributed by atoms with van der Waals surface area (Å²) in [6.45, 7) is 10.2. The van der Waals surface area contributed by atoms with Crippen LogP contribution in [0.15, 0.2) is 12.1 Å². The summed E-state index contributed by atoms with van der Waals surface area (Å²) in [5.74, 6) is 0. The van der Waals surface area contributed by atoms with Gasteiger partial charge in [-0.1, -0.05) is 25.4 Å². The van der Waals surface area contributed by atoms with Crippen molar-refractivity contribution in [3.63, 3.8) is 0 Å². The molecule has 3 nitrogen and oxygen atoms in total. The van der Waals surface area contributed by atoms with E-state index in [1.165, 1.54) is 16.1 Å². The van der Waals surface area contributed by atoms with Crippen LogP contribution >= 0.6 is 22.9 Å². The van der Waals surface area contributed by atoms with Crippen molar-refractivity contribution < 1.29 is 0 Å². The van der Waals surface area contributed by atoms with Gasteiger partial charge in [-0.2, -0.15) is 5.10 Å². The molecule has 0 aromatic carbocycles. The van der Waals surface area contributed by atoms with Crippen molar-refractivity contribution in [1.29, 1.82) is 0 Å². The molecule has 0 saturated heterocycles. The number of nitrogens with one attached hydrogen (secondary N) is 1. The molecule has 5 heteroatoms. The third-order valence-corrected chi connectivity index (χ3v) is 4.37. The summed E-state index contributed by atoms with van der Waals surface area (Å²) < 4.78 is 2.90. The highest BCUT2D eigenvalue weighted by Gasteiger charge is 2.12. The van der Waals surface area contributed by atoms with Gasteiger partial charge in [0.15, 0.2) is 0 Å². The molecule has 0 aliphatic heterocycles. The van der Waals surface area contributed by atoms with Gasteiger partial charge in [-0.3, -0.25) is 4.68 Å². The largest absolute Gasteiger partial charge is 0.310 e. The minimum Gasteiger partial charge on any atom is -0.310 e. The van der Waals surface area contributed by atoms with Crippen molar-refractivity contribution in [3.8, 4) is 0 Å². The lowest BCUT2D eigenvalue weighted by Crippen LogP contribution is -2.22. The average molecular weight is 298 g/mol. The van der Waals surface area contributed by atoms with Crippen molar-refractivity contribution in [1.82, 2.24) is 15.1 Å². The summed E-state index contributed by atoms with van der Waals surface area (Å²) in [7, 11) is 0. The van der Waals surface area contributed by atoms with Crippen molar-refractivity contribution in [2.45, 2.75) is 46.8 Å². The van der Waals surface area contributed by atoms with Gasteiger partial charge >= 0.3 is 0 Å². The van der Waals surface area contributed by atoms with Crippen LogP contribution in [0.25, 0.3) is 0 Å². The van der Waals surface area contributed by atoms with E-state index >= 15 is 0 Å². The Morgan fingerprint density at radius 3 is 2.68 bits per heavy atom. The molecule has 0 saturated carbocycles. The molecule has 0 aliphatic carbocycles. The predicted molar refractivity (Wildman–Crippen MR) is 82.1 cm³/mol. The van der Waals surface area contributed by atoms with Crippen molar-refractivity contribution >= 4 is 22.9 Å². The second-order valence-corrected chi connectivity index (χ2v) is 6.85. The maximum atomic E-state index is 5.97. The molecule has 1 N–H and O–H groups in total. The Morgan fingerprint density at radius 2 is 2.11 bits per heavy atom. The molecule has 2 aromatic rings. The standard InChI is InChI=1S/C14H20ClN3S/c1-9(2)16-7-13-10(3)17-18(11(13)4)8-12-5-6-14(15)19-12/h5-6,9,16H,7-8H2,1-4H3. The minimum absolute atomic E-state index is 0.484. The molecule has 0 aliphatic rings. The van der Waals surface area contributed by atoms with E-state index in [0.717, 1.165) is 23.1 Å². The van der Waals surface area contributed by atoms with Gasteiger partial charge in [0, 0.05) is 28.7 Å². The number of hydrogen-bond donors (Lipinski definition) is 1. The highest BCUT2D eigenvalue weighted by atomic mass is 35.5. The number of nitrogens with zero attached hydrogens (tertiary/aromatic N) is 2. The number of halogens is 1. The molecule has 104 valence electrons. The zero-order valence-electron chi connectivity index (χ0n) is 11.8. The van der Waals surface area contributed by atoms with E-state index < -0.39 is 0 Å². The number of aromatic nitrogens is 2. The first-order valence-corrected chi connectivity index (χ1v) is 7.67. The Labute approximate surface area is 123 Å². The average Bonchev–Trinajstić information content (AvgIpc) is 2.83. The van der Waals surface area contributed by atoms with Crippen molar-refractivity contribution in [2.75, 3.05) is 0 Å². The monoisotopic (exact) mass is 297 g/mol. The summed E-state index contributed by atoms with van der Waals surface area (Å²) in [6.07, 6.45) is 0. The quantitative estimate of drug-likeness (QED) is 0.910. The topological polar surface area (TPSA) is 29.9 Å². The van der Waals surface area contributed by atoms with Gasteiger partial charge in [0.05, 0.1) is 16.6 Å². The van der Waals surface area contributed by atoms with Gasteiger partial charge in [0.25, 0.3) is 0 Å². The van der Waals surface area contributed by atoms with Crippen LogP contribution in [0, 0.1) is 13.8 Å². The summed E-state index contributed by atoms with van der Waals surface area (Å²) in [5, 5.41) is 8.09. The molecule has 0 spiro atoms. The van der Waals surface area contributed by atoms with Gasteiger partial charge in [-0.25, -0.2) is 0 Å². The SMILES string of the molecule is Cc1nn(Cc2ccc(Cl)s2)c(C)c1CNC(C)C. The van der Waals surface area contributed by atoms with E-state index in [2.05, 4.69) is 48.9 Å².